The van der Waals surface area contributed by atoms with Gasteiger partial charge in [-0.05, 0) is 26.0 Å². The second-order valence-electron chi connectivity index (χ2n) is 4.17. The van der Waals surface area contributed by atoms with Crippen molar-refractivity contribution in [2.75, 3.05) is 7.05 Å². The Morgan fingerprint density at radius 1 is 1.21 bits per heavy atom. The van der Waals surface area contributed by atoms with Gasteiger partial charge in [-0.1, -0.05) is 56.5 Å². The average molecular weight is 288 g/mol. The summed E-state index contributed by atoms with van der Waals surface area (Å²) in [4.78, 5) is 0. The molecule has 1 aromatic carbocycles. The number of hydrogen-bond acceptors (Lipinski definition) is 3. The molecule has 110 valence electrons. The minimum Gasteiger partial charge on any atom is -0.390 e. The summed E-state index contributed by atoms with van der Waals surface area (Å²) < 4.78 is 0. The Balaban J connectivity index is 0.000000741. The first-order chi connectivity index (χ1) is 9.14. The molecule has 3 nitrogen and oxygen atoms in total. The van der Waals surface area contributed by atoms with Gasteiger partial charge in [0, 0.05) is 10.6 Å². The third-order valence-corrected chi connectivity index (χ3v) is 3.51. The van der Waals surface area contributed by atoms with Gasteiger partial charge in [-0.25, -0.2) is 0 Å². The molecule has 4 heteroatoms. The normalized spacial score (nSPS) is 25.5. The van der Waals surface area contributed by atoms with Gasteiger partial charge in [0.1, 0.15) is 5.60 Å². The molecule has 1 fully saturated rings. The quantitative estimate of drug-likeness (QED) is 0.744. The van der Waals surface area contributed by atoms with E-state index < -0.39 is 11.7 Å². The number of benzene rings is 1. The van der Waals surface area contributed by atoms with Crippen molar-refractivity contribution in [3.8, 4) is 0 Å². The molecule has 1 aliphatic rings. The summed E-state index contributed by atoms with van der Waals surface area (Å²) >= 11 is 6.04. The molecule has 2 rings (SSSR count). The average Bonchev–Trinajstić information content (AvgIpc) is 2.47. The molecule has 0 aliphatic heterocycles. The van der Waals surface area contributed by atoms with Crippen molar-refractivity contribution in [2.24, 2.45) is 5.73 Å². The molecule has 2 unspecified atom stereocenters. The van der Waals surface area contributed by atoms with Crippen LogP contribution < -0.4 is 5.73 Å². The summed E-state index contributed by atoms with van der Waals surface area (Å²) in [6.07, 6.45) is 2.41. The van der Waals surface area contributed by atoms with E-state index in [-0.39, 0.29) is 0 Å². The zero-order valence-electron chi connectivity index (χ0n) is 12.1. The maximum absolute atomic E-state index is 10.5. The predicted molar refractivity (Wildman–Crippen MR) is 81.3 cm³/mol. The second-order valence-corrected chi connectivity index (χ2v) is 4.57. The summed E-state index contributed by atoms with van der Waals surface area (Å²) in [6.45, 7) is 4.00. The highest BCUT2D eigenvalue weighted by atomic mass is 35.5. The SMILES string of the molecule is CC.CN.OC1CCCCC1(O)c1ccccc1Cl. The monoisotopic (exact) mass is 287 g/mol. The van der Waals surface area contributed by atoms with Crippen molar-refractivity contribution < 1.29 is 10.2 Å². The highest BCUT2D eigenvalue weighted by Crippen LogP contribution is 2.40. The zero-order chi connectivity index (χ0) is 14.9. The van der Waals surface area contributed by atoms with Crippen LogP contribution in [0.2, 0.25) is 5.02 Å². The molecule has 1 aliphatic carbocycles. The fraction of sp³-hybridized carbons (Fsp3) is 0.600. The van der Waals surface area contributed by atoms with E-state index in [1.54, 1.807) is 12.1 Å². The van der Waals surface area contributed by atoms with Gasteiger partial charge in [0.05, 0.1) is 6.10 Å². The number of hydrogen-bond donors (Lipinski definition) is 3. The van der Waals surface area contributed by atoms with Crippen molar-refractivity contribution >= 4 is 11.6 Å². The molecule has 4 N–H and O–H groups in total. The van der Waals surface area contributed by atoms with Crippen LogP contribution in [0.3, 0.4) is 0 Å². The van der Waals surface area contributed by atoms with Gasteiger partial charge in [0.25, 0.3) is 0 Å². The van der Waals surface area contributed by atoms with Crippen molar-refractivity contribution in [1.82, 2.24) is 0 Å². The van der Waals surface area contributed by atoms with Crippen LogP contribution in [0.5, 0.6) is 0 Å². The molecule has 0 amide bonds. The molecule has 0 saturated heterocycles. The van der Waals surface area contributed by atoms with Gasteiger partial charge in [0.2, 0.25) is 0 Å². The van der Waals surface area contributed by atoms with Crippen LogP contribution in [0.25, 0.3) is 0 Å². The Bertz CT molecular complexity index is 360. The van der Waals surface area contributed by atoms with Crippen LogP contribution in [0, 0.1) is 0 Å². The third kappa shape index (κ3) is 4.46. The predicted octanol–water partition coefficient (Wildman–Crippen LogP) is 3.06. The van der Waals surface area contributed by atoms with E-state index in [0.29, 0.717) is 23.4 Å². The molecule has 1 saturated carbocycles. The fourth-order valence-electron chi connectivity index (χ4n) is 2.26. The topological polar surface area (TPSA) is 66.5 Å². The summed E-state index contributed by atoms with van der Waals surface area (Å²) in [5, 5.41) is 20.9. The van der Waals surface area contributed by atoms with Crippen molar-refractivity contribution in [2.45, 2.75) is 51.2 Å². The first-order valence-electron chi connectivity index (χ1n) is 6.88. The van der Waals surface area contributed by atoms with Crippen LogP contribution in [0.1, 0.15) is 45.1 Å². The Labute approximate surface area is 121 Å². The van der Waals surface area contributed by atoms with Crippen molar-refractivity contribution in [3.05, 3.63) is 34.9 Å². The molecule has 0 heterocycles. The van der Waals surface area contributed by atoms with Gasteiger partial charge < -0.3 is 15.9 Å². The largest absolute Gasteiger partial charge is 0.390 e. The number of aliphatic hydroxyl groups excluding tert-OH is 1. The molecule has 19 heavy (non-hydrogen) atoms. The molecular weight excluding hydrogens is 262 g/mol. The van der Waals surface area contributed by atoms with Crippen LogP contribution in [-0.4, -0.2) is 23.4 Å². The van der Waals surface area contributed by atoms with Crippen LogP contribution in [-0.2, 0) is 5.60 Å². The lowest BCUT2D eigenvalue weighted by Crippen LogP contribution is -2.42. The van der Waals surface area contributed by atoms with E-state index in [1.165, 1.54) is 7.05 Å². The van der Waals surface area contributed by atoms with E-state index in [0.717, 1.165) is 12.8 Å². The summed E-state index contributed by atoms with van der Waals surface area (Å²) in [7, 11) is 1.50. The third-order valence-electron chi connectivity index (χ3n) is 3.18. The minimum absolute atomic E-state index is 0.529. The Morgan fingerprint density at radius 3 is 2.32 bits per heavy atom. The highest BCUT2D eigenvalue weighted by Gasteiger charge is 2.40. The highest BCUT2D eigenvalue weighted by molar-refractivity contribution is 6.31. The van der Waals surface area contributed by atoms with Gasteiger partial charge in [-0.15, -0.1) is 0 Å². The summed E-state index contributed by atoms with van der Waals surface area (Å²) in [5.74, 6) is 0. The lowest BCUT2D eigenvalue weighted by atomic mass is 9.77. The van der Waals surface area contributed by atoms with Crippen LogP contribution in [0.4, 0.5) is 0 Å². The Morgan fingerprint density at radius 2 is 1.79 bits per heavy atom. The zero-order valence-corrected chi connectivity index (χ0v) is 12.8. The molecule has 0 bridgehead atoms. The molecule has 1 aromatic rings. The number of rotatable bonds is 1. The molecule has 0 aromatic heterocycles. The lowest BCUT2D eigenvalue weighted by Gasteiger charge is -2.37. The van der Waals surface area contributed by atoms with Crippen molar-refractivity contribution in [3.63, 3.8) is 0 Å². The number of aliphatic hydroxyl groups is 2. The first-order valence-corrected chi connectivity index (χ1v) is 7.25. The van der Waals surface area contributed by atoms with Crippen LogP contribution in [0.15, 0.2) is 24.3 Å². The maximum atomic E-state index is 10.5. The first kappa shape index (κ1) is 18.4. The van der Waals surface area contributed by atoms with E-state index in [9.17, 15) is 10.2 Å². The molecule has 0 spiro atoms. The lowest BCUT2D eigenvalue weighted by molar-refractivity contribution is -0.105. The Kier molecular flexibility index (Phi) is 9.02. The van der Waals surface area contributed by atoms with E-state index in [1.807, 2.05) is 26.0 Å². The Hall–Kier alpha value is -0.610. The molecule has 2 atom stereocenters. The molecule has 0 radical (unpaired) electrons. The van der Waals surface area contributed by atoms with Crippen LogP contribution >= 0.6 is 11.6 Å². The smallest absolute Gasteiger partial charge is 0.117 e. The van der Waals surface area contributed by atoms with Gasteiger partial charge >= 0.3 is 0 Å². The van der Waals surface area contributed by atoms with E-state index >= 15 is 0 Å². The fourth-order valence-corrected chi connectivity index (χ4v) is 2.56. The van der Waals surface area contributed by atoms with Gasteiger partial charge in [-0.3, -0.25) is 0 Å². The van der Waals surface area contributed by atoms with E-state index in [4.69, 9.17) is 11.6 Å². The van der Waals surface area contributed by atoms with Gasteiger partial charge in [-0.2, -0.15) is 0 Å². The van der Waals surface area contributed by atoms with Gasteiger partial charge in [0.15, 0.2) is 0 Å². The minimum atomic E-state index is -1.16. The standard InChI is InChI=1S/C12H15ClO2.C2H6.CH5N/c13-10-6-2-1-5-9(10)12(15)8-4-3-7-11(12)14;2*1-2/h1-2,5-6,11,14-15H,3-4,7-8H2;1-2H3;2H2,1H3. The summed E-state index contributed by atoms with van der Waals surface area (Å²) in [5.41, 5.74) is 4.00. The van der Waals surface area contributed by atoms with Crippen molar-refractivity contribution in [1.29, 1.82) is 0 Å². The number of halogens is 1. The number of nitrogens with two attached hydrogens (primary N) is 1. The molecular formula is C15H26ClNO2. The van der Waals surface area contributed by atoms with E-state index in [2.05, 4.69) is 5.73 Å². The summed E-state index contributed by atoms with van der Waals surface area (Å²) in [6, 6.07) is 7.19. The second kappa shape index (κ2) is 9.32. The maximum Gasteiger partial charge on any atom is 0.117 e.